The predicted molar refractivity (Wildman–Crippen MR) is 97.7 cm³/mol. The van der Waals surface area contributed by atoms with E-state index in [1.54, 1.807) is 12.1 Å². The van der Waals surface area contributed by atoms with Crippen LogP contribution in [0.2, 0.25) is 0 Å². The van der Waals surface area contributed by atoms with E-state index in [-0.39, 0.29) is 10.5 Å². The molecule has 0 saturated carbocycles. The van der Waals surface area contributed by atoms with Crippen LogP contribution < -0.4 is 4.90 Å². The summed E-state index contributed by atoms with van der Waals surface area (Å²) in [7, 11) is -2.54. The van der Waals surface area contributed by atoms with Crippen LogP contribution in [0.5, 0.6) is 0 Å². The van der Waals surface area contributed by atoms with Crippen LogP contribution in [0.15, 0.2) is 47.4 Å². The number of hydrogen-bond acceptors (Lipinski definition) is 6. The van der Waals surface area contributed by atoms with Crippen molar-refractivity contribution in [2.75, 3.05) is 38.2 Å². The van der Waals surface area contributed by atoms with E-state index >= 15 is 0 Å². The molecule has 0 unspecified atom stereocenters. The lowest BCUT2D eigenvalue weighted by atomic mass is 10.2. The first-order valence-corrected chi connectivity index (χ1v) is 9.73. The molecule has 1 aromatic carbocycles. The number of hydrogen-bond donors (Lipinski definition) is 0. The van der Waals surface area contributed by atoms with Crippen molar-refractivity contribution < 1.29 is 17.9 Å². The molecule has 138 valence electrons. The summed E-state index contributed by atoms with van der Waals surface area (Å²) in [6.07, 6.45) is 0. The van der Waals surface area contributed by atoms with Crippen molar-refractivity contribution in [2.45, 2.75) is 11.8 Å². The van der Waals surface area contributed by atoms with Gasteiger partial charge in [0.05, 0.1) is 17.6 Å². The van der Waals surface area contributed by atoms with Gasteiger partial charge in [-0.05, 0) is 31.2 Å². The number of aryl methyl sites for hydroxylation is 1. The molecule has 26 heavy (non-hydrogen) atoms. The van der Waals surface area contributed by atoms with E-state index in [1.807, 2.05) is 25.1 Å². The van der Waals surface area contributed by atoms with Gasteiger partial charge in [-0.3, -0.25) is 0 Å². The maximum atomic E-state index is 13.0. The van der Waals surface area contributed by atoms with Crippen molar-refractivity contribution in [3.05, 3.63) is 53.7 Å². The topological polar surface area (TPSA) is 79.8 Å². The number of carbonyl (C=O) groups is 1. The predicted octanol–water partition coefficient (Wildman–Crippen LogP) is 1.69. The number of sulfonamides is 1. The molecule has 0 atom stereocenters. The molecule has 0 aliphatic carbocycles. The summed E-state index contributed by atoms with van der Waals surface area (Å²) >= 11 is 0. The van der Waals surface area contributed by atoms with Gasteiger partial charge >= 0.3 is 5.97 Å². The first-order valence-electron chi connectivity index (χ1n) is 8.29. The zero-order chi connectivity index (χ0) is 18.7. The van der Waals surface area contributed by atoms with Crippen LogP contribution in [0.4, 0.5) is 5.82 Å². The molecule has 1 aliphatic rings. The summed E-state index contributed by atoms with van der Waals surface area (Å²) in [4.78, 5) is 18.4. The fourth-order valence-corrected chi connectivity index (χ4v) is 4.57. The molecule has 2 heterocycles. The maximum Gasteiger partial charge on any atom is 0.339 e. The fourth-order valence-electron chi connectivity index (χ4n) is 2.97. The van der Waals surface area contributed by atoms with Gasteiger partial charge in [0.15, 0.2) is 0 Å². The Labute approximate surface area is 153 Å². The van der Waals surface area contributed by atoms with Gasteiger partial charge in [0.1, 0.15) is 5.82 Å². The number of pyridine rings is 1. The van der Waals surface area contributed by atoms with Crippen LogP contribution in [-0.2, 0) is 14.8 Å². The number of nitrogens with zero attached hydrogens (tertiary/aromatic N) is 3. The maximum absolute atomic E-state index is 13.0. The monoisotopic (exact) mass is 375 g/mol. The Bertz CT molecular complexity index is 906. The van der Waals surface area contributed by atoms with Gasteiger partial charge in [0.25, 0.3) is 0 Å². The molecule has 1 aliphatic heterocycles. The first kappa shape index (κ1) is 18.3. The number of piperazine rings is 1. The van der Waals surface area contributed by atoms with Gasteiger partial charge in [-0.15, -0.1) is 0 Å². The van der Waals surface area contributed by atoms with Gasteiger partial charge in [-0.1, -0.05) is 18.2 Å². The standard InChI is InChI=1S/C18H21N3O4S/c1-14-6-5-9-17(19-14)20-10-12-21(13-11-20)26(23,24)16-8-4-3-7-15(16)18(22)25-2/h3-9H,10-13H2,1-2H3. The van der Waals surface area contributed by atoms with E-state index in [1.165, 1.54) is 23.5 Å². The van der Waals surface area contributed by atoms with E-state index in [0.29, 0.717) is 26.2 Å². The second-order valence-corrected chi connectivity index (χ2v) is 7.92. The SMILES string of the molecule is COC(=O)c1ccccc1S(=O)(=O)N1CCN(c2cccc(C)n2)CC1. The van der Waals surface area contributed by atoms with Crippen LogP contribution in [0.25, 0.3) is 0 Å². The number of rotatable bonds is 4. The lowest BCUT2D eigenvalue weighted by Crippen LogP contribution is -2.49. The normalized spacial score (nSPS) is 15.7. The molecule has 0 radical (unpaired) electrons. The third-order valence-corrected chi connectivity index (χ3v) is 6.30. The lowest BCUT2D eigenvalue weighted by Gasteiger charge is -2.35. The third kappa shape index (κ3) is 3.56. The Balaban J connectivity index is 1.80. The average molecular weight is 375 g/mol. The summed E-state index contributed by atoms with van der Waals surface area (Å²) in [5.41, 5.74) is 0.974. The highest BCUT2D eigenvalue weighted by Gasteiger charge is 2.32. The summed E-state index contributed by atoms with van der Waals surface area (Å²) in [5.74, 6) is 0.184. The summed E-state index contributed by atoms with van der Waals surface area (Å²) in [6.45, 7) is 3.65. The molecular weight excluding hydrogens is 354 g/mol. The van der Waals surface area contributed by atoms with Crippen LogP contribution >= 0.6 is 0 Å². The van der Waals surface area contributed by atoms with E-state index in [0.717, 1.165) is 11.5 Å². The van der Waals surface area contributed by atoms with E-state index in [9.17, 15) is 13.2 Å². The third-order valence-electron chi connectivity index (χ3n) is 4.35. The quantitative estimate of drug-likeness (QED) is 0.757. The highest BCUT2D eigenvalue weighted by molar-refractivity contribution is 7.89. The van der Waals surface area contributed by atoms with Crippen molar-refractivity contribution in [1.29, 1.82) is 0 Å². The average Bonchev–Trinajstić information content (AvgIpc) is 2.67. The van der Waals surface area contributed by atoms with Gasteiger partial charge in [0, 0.05) is 31.9 Å². The smallest absolute Gasteiger partial charge is 0.339 e. The lowest BCUT2D eigenvalue weighted by molar-refractivity contribution is 0.0596. The summed E-state index contributed by atoms with van der Waals surface area (Å²) < 4.78 is 32.1. The molecule has 0 amide bonds. The number of benzene rings is 1. The molecule has 7 nitrogen and oxygen atoms in total. The van der Waals surface area contributed by atoms with E-state index in [4.69, 9.17) is 4.74 Å². The Kier molecular flexibility index (Phi) is 5.24. The Morgan fingerprint density at radius 2 is 1.73 bits per heavy atom. The molecule has 1 aromatic heterocycles. The number of anilines is 1. The molecule has 2 aromatic rings. The summed E-state index contributed by atoms with van der Waals surface area (Å²) in [6, 6.07) is 11.9. The zero-order valence-corrected chi connectivity index (χ0v) is 15.6. The number of aromatic nitrogens is 1. The minimum atomic E-state index is -3.78. The van der Waals surface area contributed by atoms with Crippen molar-refractivity contribution in [3.8, 4) is 0 Å². The van der Waals surface area contributed by atoms with Crippen molar-refractivity contribution in [1.82, 2.24) is 9.29 Å². The molecule has 0 spiro atoms. The summed E-state index contributed by atoms with van der Waals surface area (Å²) in [5, 5.41) is 0. The van der Waals surface area contributed by atoms with Gasteiger partial charge < -0.3 is 9.64 Å². The minimum Gasteiger partial charge on any atom is -0.465 e. The van der Waals surface area contributed by atoms with Crippen molar-refractivity contribution in [2.24, 2.45) is 0 Å². The second-order valence-electron chi connectivity index (χ2n) is 6.02. The van der Waals surface area contributed by atoms with Gasteiger partial charge in [0.2, 0.25) is 10.0 Å². The van der Waals surface area contributed by atoms with E-state index in [2.05, 4.69) is 9.88 Å². The van der Waals surface area contributed by atoms with Crippen molar-refractivity contribution in [3.63, 3.8) is 0 Å². The van der Waals surface area contributed by atoms with Crippen LogP contribution in [-0.4, -0.2) is 57.0 Å². The second kappa shape index (κ2) is 7.43. The number of carbonyl (C=O) groups excluding carboxylic acids is 1. The Hall–Kier alpha value is -2.45. The number of methoxy groups -OCH3 is 1. The zero-order valence-electron chi connectivity index (χ0n) is 14.8. The largest absolute Gasteiger partial charge is 0.465 e. The molecule has 3 rings (SSSR count). The Morgan fingerprint density at radius 1 is 1.04 bits per heavy atom. The molecule has 1 saturated heterocycles. The Morgan fingerprint density at radius 3 is 2.38 bits per heavy atom. The molecular formula is C18H21N3O4S. The molecule has 1 fully saturated rings. The highest BCUT2D eigenvalue weighted by Crippen LogP contribution is 2.23. The molecule has 0 bridgehead atoms. The van der Waals surface area contributed by atoms with Crippen molar-refractivity contribution >= 4 is 21.8 Å². The van der Waals surface area contributed by atoms with Gasteiger partial charge in [-0.25, -0.2) is 18.2 Å². The van der Waals surface area contributed by atoms with Crippen LogP contribution in [0, 0.1) is 6.92 Å². The fraction of sp³-hybridized carbons (Fsp3) is 0.333. The van der Waals surface area contributed by atoms with Crippen LogP contribution in [0.3, 0.4) is 0 Å². The minimum absolute atomic E-state index is 0.0195. The van der Waals surface area contributed by atoms with Gasteiger partial charge in [-0.2, -0.15) is 4.31 Å². The highest BCUT2D eigenvalue weighted by atomic mass is 32.2. The first-order chi connectivity index (χ1) is 12.4. The number of ether oxygens (including phenoxy) is 1. The molecule has 8 heteroatoms. The van der Waals surface area contributed by atoms with E-state index < -0.39 is 16.0 Å². The van der Waals surface area contributed by atoms with Crippen LogP contribution in [0.1, 0.15) is 16.1 Å². The number of esters is 1. The molecule has 0 N–H and O–H groups in total.